The van der Waals surface area contributed by atoms with E-state index in [0.717, 1.165) is 4.88 Å². The van der Waals surface area contributed by atoms with E-state index in [1.807, 2.05) is 0 Å². The lowest BCUT2D eigenvalue weighted by Crippen LogP contribution is -2.16. The van der Waals surface area contributed by atoms with Crippen molar-refractivity contribution in [3.63, 3.8) is 0 Å². The van der Waals surface area contributed by atoms with Crippen LogP contribution in [0, 0.1) is 0 Å². The highest BCUT2D eigenvalue weighted by Gasteiger charge is 2.15. The molecule has 0 saturated heterocycles. The van der Waals surface area contributed by atoms with Gasteiger partial charge >= 0.3 is 5.97 Å². The lowest BCUT2D eigenvalue weighted by molar-refractivity contribution is -0.136. The fourth-order valence-electron chi connectivity index (χ4n) is 0.935. The smallest absolute Gasteiger partial charge is 0.304 e. The molecular weight excluding hydrogens is 222 g/mol. The molecule has 4 nitrogen and oxygen atoms in total. The van der Waals surface area contributed by atoms with Crippen LogP contribution < -0.4 is 0 Å². The molecule has 0 fully saturated rings. The second-order valence-electron chi connectivity index (χ2n) is 2.90. The van der Waals surface area contributed by atoms with E-state index in [2.05, 4.69) is 4.98 Å². The Balaban J connectivity index is 2.46. The average molecular weight is 233 g/mol. The Labute approximate surface area is 88.4 Å². The number of nitrogens with zero attached hydrogens (tertiary/aromatic N) is 1. The van der Waals surface area contributed by atoms with Crippen LogP contribution >= 0.6 is 11.3 Å². The summed E-state index contributed by atoms with van der Waals surface area (Å²) in [7, 11) is -1.13. The molecule has 1 aromatic rings. The molecule has 0 radical (unpaired) electrons. The Morgan fingerprint density at radius 2 is 2.50 bits per heavy atom. The summed E-state index contributed by atoms with van der Waals surface area (Å²) in [5, 5.41) is 8.20. The normalized spacial score (nSPS) is 14.9. The third-order valence-electron chi connectivity index (χ3n) is 1.68. The molecule has 0 aliphatic rings. The molecule has 0 spiro atoms. The van der Waals surface area contributed by atoms with E-state index in [0.29, 0.717) is 5.75 Å². The number of thiazole rings is 1. The van der Waals surface area contributed by atoms with Gasteiger partial charge in [0.1, 0.15) is 0 Å². The van der Waals surface area contributed by atoms with E-state index in [1.54, 1.807) is 18.6 Å². The summed E-state index contributed by atoms with van der Waals surface area (Å²) >= 11 is 1.44. The molecule has 0 bridgehead atoms. The minimum Gasteiger partial charge on any atom is -0.481 e. The summed E-state index contributed by atoms with van der Waals surface area (Å²) < 4.78 is 11.6. The fraction of sp³-hybridized carbons (Fsp3) is 0.500. The molecule has 14 heavy (non-hydrogen) atoms. The monoisotopic (exact) mass is 233 g/mol. The third kappa shape index (κ3) is 3.55. The van der Waals surface area contributed by atoms with Crippen LogP contribution in [0.3, 0.4) is 0 Å². The van der Waals surface area contributed by atoms with Crippen LogP contribution in [0.25, 0.3) is 0 Å². The second-order valence-corrected chi connectivity index (χ2v) is 5.73. The van der Waals surface area contributed by atoms with Gasteiger partial charge in [0.2, 0.25) is 0 Å². The van der Waals surface area contributed by atoms with Gasteiger partial charge < -0.3 is 5.11 Å². The third-order valence-corrected chi connectivity index (χ3v) is 4.30. The summed E-state index contributed by atoms with van der Waals surface area (Å²) in [5.41, 5.74) is 1.67. The van der Waals surface area contributed by atoms with Crippen LogP contribution in [-0.2, 0) is 21.3 Å². The number of hydrogen-bond acceptors (Lipinski definition) is 4. The molecule has 0 saturated carbocycles. The first kappa shape index (κ1) is 11.3. The first-order valence-electron chi connectivity index (χ1n) is 4.06. The predicted octanol–water partition coefficient (Wildman–Crippen LogP) is 1.26. The molecule has 6 heteroatoms. The second kappa shape index (κ2) is 5.21. The van der Waals surface area contributed by atoms with Crippen molar-refractivity contribution in [3.05, 3.63) is 16.6 Å². The van der Waals surface area contributed by atoms with Crippen molar-refractivity contribution < 1.29 is 14.1 Å². The number of rotatable bonds is 5. The molecule has 0 aromatic carbocycles. The molecule has 1 N–H and O–H groups in total. The Hall–Kier alpha value is -0.750. The van der Waals surface area contributed by atoms with Crippen LogP contribution in [0.5, 0.6) is 0 Å². The van der Waals surface area contributed by atoms with E-state index in [9.17, 15) is 9.00 Å². The highest BCUT2D eigenvalue weighted by molar-refractivity contribution is 7.85. The number of aromatic nitrogens is 1. The van der Waals surface area contributed by atoms with Gasteiger partial charge in [0.15, 0.2) is 0 Å². The fourth-order valence-corrected chi connectivity index (χ4v) is 2.90. The van der Waals surface area contributed by atoms with Crippen molar-refractivity contribution in [1.82, 2.24) is 4.98 Å². The summed E-state index contributed by atoms with van der Waals surface area (Å²) in [6.45, 7) is 1.69. The van der Waals surface area contributed by atoms with Gasteiger partial charge in [-0.3, -0.25) is 14.0 Å². The van der Waals surface area contributed by atoms with Crippen molar-refractivity contribution in [2.24, 2.45) is 0 Å². The molecule has 1 rings (SSSR count). The maximum absolute atomic E-state index is 11.6. The molecule has 0 amide bonds. The van der Waals surface area contributed by atoms with Crippen LogP contribution in [0.15, 0.2) is 11.7 Å². The zero-order valence-electron chi connectivity index (χ0n) is 7.67. The van der Waals surface area contributed by atoms with E-state index in [1.165, 1.54) is 11.3 Å². The topological polar surface area (TPSA) is 67.3 Å². The first-order valence-corrected chi connectivity index (χ1v) is 6.32. The van der Waals surface area contributed by atoms with Gasteiger partial charge in [-0.15, -0.1) is 11.3 Å². The van der Waals surface area contributed by atoms with Crippen molar-refractivity contribution in [2.75, 3.05) is 0 Å². The number of aliphatic carboxylic acids is 1. The van der Waals surface area contributed by atoms with Gasteiger partial charge in [-0.2, -0.15) is 0 Å². The minimum absolute atomic E-state index is 0.0502. The summed E-state index contributed by atoms with van der Waals surface area (Å²) in [6, 6.07) is 0. The summed E-state index contributed by atoms with van der Waals surface area (Å²) in [6.07, 6.45) is 1.61. The van der Waals surface area contributed by atoms with Crippen molar-refractivity contribution in [2.45, 2.75) is 24.3 Å². The first-order chi connectivity index (χ1) is 6.59. The van der Waals surface area contributed by atoms with Crippen LogP contribution in [-0.4, -0.2) is 25.5 Å². The van der Waals surface area contributed by atoms with Crippen LogP contribution in [0.2, 0.25) is 0 Å². The van der Waals surface area contributed by atoms with E-state index >= 15 is 0 Å². The van der Waals surface area contributed by atoms with Gasteiger partial charge in [-0.1, -0.05) is 6.92 Å². The SMILES string of the molecule is CC(CC(=O)O)S(=O)Cc1cncs1. The van der Waals surface area contributed by atoms with Crippen LogP contribution in [0.1, 0.15) is 18.2 Å². The van der Waals surface area contributed by atoms with Gasteiger partial charge in [0.05, 0.1) is 17.7 Å². The highest BCUT2D eigenvalue weighted by atomic mass is 32.2. The number of carbonyl (C=O) groups is 1. The lowest BCUT2D eigenvalue weighted by Gasteiger charge is -2.06. The lowest BCUT2D eigenvalue weighted by atomic mass is 10.3. The van der Waals surface area contributed by atoms with Crippen molar-refractivity contribution in [3.8, 4) is 0 Å². The molecule has 1 heterocycles. The number of carboxylic acid groups (broad SMARTS) is 1. The Morgan fingerprint density at radius 3 is 3.00 bits per heavy atom. The molecule has 78 valence electrons. The standard InChI is InChI=1S/C8H11NO3S2/c1-6(2-8(10)11)14(12)4-7-3-9-5-13-7/h3,5-6H,2,4H2,1H3,(H,10,11). The van der Waals surface area contributed by atoms with Gasteiger partial charge in [0, 0.05) is 27.1 Å². The minimum atomic E-state index is -1.13. The Morgan fingerprint density at radius 1 is 1.79 bits per heavy atom. The summed E-state index contributed by atoms with van der Waals surface area (Å²) in [4.78, 5) is 15.2. The van der Waals surface area contributed by atoms with Gasteiger partial charge in [-0.05, 0) is 0 Å². The maximum Gasteiger partial charge on any atom is 0.304 e. The Bertz CT molecular complexity index is 323. The van der Waals surface area contributed by atoms with Gasteiger partial charge in [0.25, 0.3) is 0 Å². The predicted molar refractivity (Wildman–Crippen MR) is 55.7 cm³/mol. The quantitative estimate of drug-likeness (QED) is 0.831. The zero-order valence-corrected chi connectivity index (χ0v) is 9.31. The summed E-state index contributed by atoms with van der Waals surface area (Å²) in [5.74, 6) is -0.505. The van der Waals surface area contributed by atoms with E-state index in [4.69, 9.17) is 5.11 Å². The van der Waals surface area contributed by atoms with E-state index < -0.39 is 16.8 Å². The molecule has 2 unspecified atom stereocenters. The average Bonchev–Trinajstić information content (AvgIpc) is 2.55. The molecule has 1 aromatic heterocycles. The van der Waals surface area contributed by atoms with Crippen molar-refractivity contribution in [1.29, 1.82) is 0 Å². The highest BCUT2D eigenvalue weighted by Crippen LogP contribution is 2.12. The molecule has 2 atom stereocenters. The zero-order chi connectivity index (χ0) is 10.6. The molecular formula is C8H11NO3S2. The maximum atomic E-state index is 11.6. The van der Waals surface area contributed by atoms with E-state index in [-0.39, 0.29) is 11.7 Å². The Kier molecular flexibility index (Phi) is 4.21. The van der Waals surface area contributed by atoms with Crippen molar-refractivity contribution >= 4 is 28.1 Å². The van der Waals surface area contributed by atoms with Crippen LogP contribution in [0.4, 0.5) is 0 Å². The molecule has 0 aliphatic heterocycles. The van der Waals surface area contributed by atoms with Gasteiger partial charge in [-0.25, -0.2) is 0 Å². The molecule has 0 aliphatic carbocycles. The number of hydrogen-bond donors (Lipinski definition) is 1. The number of carboxylic acids is 1. The largest absolute Gasteiger partial charge is 0.481 e.